The Kier molecular flexibility index (Phi) is 4.71. The predicted octanol–water partition coefficient (Wildman–Crippen LogP) is 3.63. The number of anilines is 1. The molecule has 0 saturated heterocycles. The molecular formula is C21H19N3O6. The molecule has 2 heterocycles. The molecule has 0 radical (unpaired) electrons. The lowest BCUT2D eigenvalue weighted by atomic mass is 10.2. The number of H-pyrrole nitrogens is 2. The van der Waals surface area contributed by atoms with E-state index < -0.39 is 5.97 Å². The highest BCUT2D eigenvalue weighted by atomic mass is 16.5. The molecule has 0 saturated carbocycles. The zero-order valence-electron chi connectivity index (χ0n) is 16.5. The molecular weight excluding hydrogens is 390 g/mol. The zero-order chi connectivity index (χ0) is 21.4. The van der Waals surface area contributed by atoms with Crippen molar-refractivity contribution in [1.82, 2.24) is 9.97 Å². The van der Waals surface area contributed by atoms with Crippen molar-refractivity contribution in [2.75, 3.05) is 26.6 Å². The number of carbonyl (C=O) groups excluding carboxylic acids is 1. The van der Waals surface area contributed by atoms with Crippen molar-refractivity contribution in [3.63, 3.8) is 0 Å². The molecule has 154 valence electrons. The Morgan fingerprint density at radius 2 is 1.60 bits per heavy atom. The number of benzene rings is 2. The monoisotopic (exact) mass is 409 g/mol. The van der Waals surface area contributed by atoms with Crippen LogP contribution in [0.4, 0.5) is 5.69 Å². The summed E-state index contributed by atoms with van der Waals surface area (Å²) in [5.41, 5.74) is 2.25. The van der Waals surface area contributed by atoms with Crippen molar-refractivity contribution < 1.29 is 28.9 Å². The van der Waals surface area contributed by atoms with Crippen LogP contribution in [-0.4, -0.2) is 48.3 Å². The Morgan fingerprint density at radius 1 is 0.867 bits per heavy atom. The number of amides is 1. The first-order valence-electron chi connectivity index (χ1n) is 8.94. The number of aromatic amines is 2. The Bertz CT molecular complexity index is 1290. The molecule has 4 rings (SSSR count). The van der Waals surface area contributed by atoms with Crippen LogP contribution in [0.1, 0.15) is 21.0 Å². The van der Waals surface area contributed by atoms with Crippen molar-refractivity contribution in [3.05, 3.63) is 47.8 Å². The number of carbonyl (C=O) groups is 2. The van der Waals surface area contributed by atoms with Crippen LogP contribution in [-0.2, 0) is 0 Å². The van der Waals surface area contributed by atoms with E-state index in [2.05, 4.69) is 15.3 Å². The quantitative estimate of drug-likeness (QED) is 0.385. The summed E-state index contributed by atoms with van der Waals surface area (Å²) in [7, 11) is 4.55. The smallest absolute Gasteiger partial charge is 0.352 e. The van der Waals surface area contributed by atoms with Crippen LogP contribution in [0.5, 0.6) is 17.2 Å². The van der Waals surface area contributed by atoms with Crippen molar-refractivity contribution in [3.8, 4) is 17.2 Å². The fourth-order valence-corrected chi connectivity index (χ4v) is 3.40. The highest BCUT2D eigenvalue weighted by Crippen LogP contribution is 2.43. The first-order chi connectivity index (χ1) is 14.4. The Balaban J connectivity index is 1.68. The topological polar surface area (TPSA) is 126 Å². The number of hydrogen-bond donors (Lipinski definition) is 4. The van der Waals surface area contributed by atoms with E-state index in [4.69, 9.17) is 19.3 Å². The number of nitrogens with one attached hydrogen (secondary N) is 3. The van der Waals surface area contributed by atoms with Gasteiger partial charge in [-0.1, -0.05) is 0 Å². The lowest BCUT2D eigenvalue weighted by Gasteiger charge is -2.12. The molecule has 0 aliphatic rings. The highest BCUT2D eigenvalue weighted by molar-refractivity contribution is 6.08. The number of methoxy groups -OCH3 is 3. The van der Waals surface area contributed by atoms with E-state index >= 15 is 0 Å². The second-order valence-corrected chi connectivity index (χ2v) is 6.53. The molecule has 0 fully saturated rings. The van der Waals surface area contributed by atoms with Gasteiger partial charge in [-0.2, -0.15) is 0 Å². The van der Waals surface area contributed by atoms with Gasteiger partial charge in [-0.25, -0.2) is 4.79 Å². The van der Waals surface area contributed by atoms with Crippen LogP contribution in [0.25, 0.3) is 21.8 Å². The first kappa shape index (κ1) is 19.2. The van der Waals surface area contributed by atoms with Crippen LogP contribution in [0.2, 0.25) is 0 Å². The van der Waals surface area contributed by atoms with Crippen molar-refractivity contribution in [2.24, 2.45) is 0 Å². The Hall–Kier alpha value is -4.14. The van der Waals surface area contributed by atoms with E-state index in [1.807, 2.05) is 0 Å². The first-order valence-corrected chi connectivity index (χ1v) is 8.94. The molecule has 1 amide bonds. The summed E-state index contributed by atoms with van der Waals surface area (Å²) in [4.78, 5) is 29.8. The van der Waals surface area contributed by atoms with Crippen molar-refractivity contribution >= 4 is 39.4 Å². The summed E-state index contributed by atoms with van der Waals surface area (Å²) < 4.78 is 16.2. The molecule has 30 heavy (non-hydrogen) atoms. The minimum atomic E-state index is -1.05. The van der Waals surface area contributed by atoms with Gasteiger partial charge in [-0.15, -0.1) is 0 Å². The minimum Gasteiger partial charge on any atom is -0.493 e. The normalized spacial score (nSPS) is 10.9. The molecule has 9 nitrogen and oxygen atoms in total. The van der Waals surface area contributed by atoms with E-state index in [0.717, 1.165) is 0 Å². The van der Waals surface area contributed by atoms with Gasteiger partial charge in [0, 0.05) is 28.0 Å². The number of carboxylic acids is 1. The molecule has 0 atom stereocenters. The summed E-state index contributed by atoms with van der Waals surface area (Å²) in [5.74, 6) is -0.0420. The number of hydrogen-bond acceptors (Lipinski definition) is 5. The Labute approximate surface area is 170 Å². The number of rotatable bonds is 6. The van der Waals surface area contributed by atoms with Gasteiger partial charge in [0.2, 0.25) is 5.75 Å². The van der Waals surface area contributed by atoms with Gasteiger partial charge in [0.25, 0.3) is 5.91 Å². The molecule has 9 heteroatoms. The van der Waals surface area contributed by atoms with E-state index in [0.29, 0.717) is 50.4 Å². The Morgan fingerprint density at radius 3 is 2.27 bits per heavy atom. The summed E-state index contributed by atoms with van der Waals surface area (Å²) in [6, 6.07) is 10.0. The van der Waals surface area contributed by atoms with E-state index in [9.17, 15) is 9.59 Å². The van der Waals surface area contributed by atoms with Gasteiger partial charge < -0.3 is 34.6 Å². The van der Waals surface area contributed by atoms with Gasteiger partial charge in [0.15, 0.2) is 11.5 Å². The van der Waals surface area contributed by atoms with Crippen molar-refractivity contribution in [2.45, 2.75) is 0 Å². The number of aromatic nitrogens is 2. The summed E-state index contributed by atoms with van der Waals surface area (Å²) in [6.07, 6.45) is 0. The van der Waals surface area contributed by atoms with Gasteiger partial charge in [-0.05, 0) is 30.3 Å². The van der Waals surface area contributed by atoms with Crippen LogP contribution < -0.4 is 19.5 Å². The van der Waals surface area contributed by atoms with Crippen LogP contribution in [0, 0.1) is 0 Å². The maximum Gasteiger partial charge on any atom is 0.352 e. The number of carboxylic acid groups (broad SMARTS) is 1. The lowest BCUT2D eigenvalue weighted by Crippen LogP contribution is -2.12. The maximum atomic E-state index is 12.8. The largest absolute Gasteiger partial charge is 0.493 e. The fourth-order valence-electron chi connectivity index (χ4n) is 3.40. The molecule has 4 aromatic rings. The second-order valence-electron chi connectivity index (χ2n) is 6.53. The molecule has 0 spiro atoms. The SMILES string of the molecule is COc1cc2[nH]c(C(=O)Nc3ccc4[nH]c(C(=O)O)cc4c3)cc2c(OC)c1OC. The summed E-state index contributed by atoms with van der Waals surface area (Å²) in [5, 5.41) is 13.3. The molecule has 0 aliphatic carbocycles. The summed E-state index contributed by atoms with van der Waals surface area (Å²) >= 11 is 0. The number of aromatic carboxylic acids is 1. The molecule has 4 N–H and O–H groups in total. The standard InChI is InChI=1S/C21H19N3O6/c1-28-17-9-14-12(18(29-2)19(17)30-3)8-15(24-14)20(25)22-11-4-5-13-10(6-11)7-16(23-13)21(26)27/h4-9,23-24H,1-3H3,(H,22,25)(H,26,27). The number of ether oxygens (including phenoxy) is 3. The maximum absolute atomic E-state index is 12.8. The van der Waals surface area contributed by atoms with Crippen LogP contribution >= 0.6 is 0 Å². The van der Waals surface area contributed by atoms with Crippen LogP contribution in [0.3, 0.4) is 0 Å². The van der Waals surface area contributed by atoms with E-state index in [-0.39, 0.29) is 11.6 Å². The molecule has 0 bridgehead atoms. The van der Waals surface area contributed by atoms with Crippen molar-refractivity contribution in [1.29, 1.82) is 0 Å². The molecule has 0 unspecified atom stereocenters. The van der Waals surface area contributed by atoms with Gasteiger partial charge in [0.1, 0.15) is 11.4 Å². The van der Waals surface area contributed by atoms with Gasteiger partial charge in [0.05, 0.1) is 26.8 Å². The summed E-state index contributed by atoms with van der Waals surface area (Å²) in [6.45, 7) is 0. The average Bonchev–Trinajstić information content (AvgIpc) is 3.35. The number of fused-ring (bicyclic) bond motifs is 2. The highest BCUT2D eigenvalue weighted by Gasteiger charge is 2.20. The van der Waals surface area contributed by atoms with E-state index in [1.54, 1.807) is 30.3 Å². The third-order valence-corrected chi connectivity index (χ3v) is 4.78. The fraction of sp³-hybridized carbons (Fsp3) is 0.143. The second kappa shape index (κ2) is 7.36. The minimum absolute atomic E-state index is 0.0825. The third kappa shape index (κ3) is 3.16. The lowest BCUT2D eigenvalue weighted by molar-refractivity contribution is 0.0691. The predicted molar refractivity (Wildman–Crippen MR) is 111 cm³/mol. The zero-order valence-corrected chi connectivity index (χ0v) is 16.5. The average molecular weight is 409 g/mol. The van der Waals surface area contributed by atoms with Gasteiger partial charge >= 0.3 is 5.97 Å². The molecule has 2 aromatic carbocycles. The van der Waals surface area contributed by atoms with Crippen LogP contribution in [0.15, 0.2) is 36.4 Å². The van der Waals surface area contributed by atoms with Gasteiger partial charge in [-0.3, -0.25) is 4.79 Å². The molecule has 0 aliphatic heterocycles. The van der Waals surface area contributed by atoms with E-state index in [1.165, 1.54) is 27.4 Å². The third-order valence-electron chi connectivity index (χ3n) is 4.78. The molecule has 2 aromatic heterocycles.